The quantitative estimate of drug-likeness (QED) is 0.0580. The summed E-state index contributed by atoms with van der Waals surface area (Å²) in [4.78, 5) is 113. The average molecular weight is 1100 g/mol. The van der Waals surface area contributed by atoms with Gasteiger partial charge in [-0.1, -0.05) is 91.0 Å². The Morgan fingerprint density at radius 2 is 0.914 bits per heavy atom. The molecule has 8 amide bonds. The zero-order valence-electron chi connectivity index (χ0n) is 44.3. The van der Waals surface area contributed by atoms with Crippen molar-refractivity contribution in [2.24, 2.45) is 0 Å². The maximum Gasteiger partial charge on any atom is 0.336 e. The Balaban J connectivity index is 0.000000175. The second-order valence-corrected chi connectivity index (χ2v) is 19.4. The number of hydrogen-bond donors (Lipinski definition) is 10. The van der Waals surface area contributed by atoms with Gasteiger partial charge in [-0.2, -0.15) is 0 Å². The standard InChI is InChI=1S/C20H22N4O3.C20H21N3O4.C19H20N4O4/c1-13(25)11-18-17-8-3-2-5-14(17)9-10-24(18)20(27)23-22-19(26)15-6-4-7-16(21)12-15;21-15-6-3-5-14(10-15)20(27)22-12-18(24)23-9-8-13-4-1-2-7-16(13)17(23)11-19(25)26;20-15-7-3-6-13(8-15)18(26)21-22-19(27)23-11-14-5-2-1-4-12(14)9-16(23)10-17(24)25/h2-8,12,18H,9-11,21H2,1H3,(H,22,26)(H,23,27);1-7,10,17H,8-9,11-12,21H2,(H,22,27)(H,25,26);1-8,16H,9-11,20H2,(H,21,26)(H,22,27)(H,24,25). The van der Waals surface area contributed by atoms with E-state index in [9.17, 15) is 48.3 Å². The molecular weight excluding hydrogens is 1040 g/mol. The van der Waals surface area contributed by atoms with Crippen LogP contribution in [0.4, 0.5) is 26.7 Å². The fourth-order valence-corrected chi connectivity index (χ4v) is 9.84. The minimum Gasteiger partial charge on any atom is -0.481 e. The van der Waals surface area contributed by atoms with E-state index in [0.717, 1.165) is 33.4 Å². The van der Waals surface area contributed by atoms with Crippen LogP contribution < -0.4 is 44.2 Å². The Hall–Kier alpha value is -10.3. The number of nitrogens with zero attached hydrogens (tertiary/aromatic N) is 3. The first kappa shape index (κ1) is 58.4. The molecule has 9 rings (SSSR count). The SMILES string of the molecule is CC(=O)CC1c2ccccc2CCN1C(=O)NNC(=O)c1cccc(N)c1.Nc1cccc(C(=O)NCC(=O)N2CCc3ccccc3C2CC(=O)O)c1.Nc1cccc(C(=O)NNC(=O)N2Cc3ccccc3CC2CC(=O)O)c1. The van der Waals surface area contributed by atoms with E-state index in [1.54, 1.807) is 59.5 Å². The number of benzene rings is 6. The van der Waals surface area contributed by atoms with Gasteiger partial charge < -0.3 is 47.4 Å². The van der Waals surface area contributed by atoms with Gasteiger partial charge in [0.25, 0.3) is 17.7 Å². The first-order valence-corrected chi connectivity index (χ1v) is 25.9. The zero-order valence-corrected chi connectivity index (χ0v) is 44.3. The number of carbonyl (C=O) groups is 9. The number of aliphatic carboxylic acids is 2. The van der Waals surface area contributed by atoms with Crippen LogP contribution in [-0.4, -0.2) is 104 Å². The van der Waals surface area contributed by atoms with E-state index in [0.29, 0.717) is 66.1 Å². The number of rotatable bonds is 11. The van der Waals surface area contributed by atoms with Crippen molar-refractivity contribution in [2.45, 2.75) is 70.1 Å². The van der Waals surface area contributed by atoms with E-state index in [1.807, 2.05) is 72.8 Å². The molecule has 0 saturated carbocycles. The highest BCUT2D eigenvalue weighted by atomic mass is 16.4. The molecule has 0 spiro atoms. The number of amides is 8. The van der Waals surface area contributed by atoms with Crippen LogP contribution in [0.2, 0.25) is 0 Å². The van der Waals surface area contributed by atoms with Gasteiger partial charge in [-0.05, 0) is 114 Å². The van der Waals surface area contributed by atoms with E-state index in [2.05, 4.69) is 27.0 Å². The van der Waals surface area contributed by atoms with Crippen LogP contribution in [0.5, 0.6) is 0 Å². The molecule has 22 heteroatoms. The van der Waals surface area contributed by atoms with E-state index in [1.165, 1.54) is 34.9 Å². The first-order chi connectivity index (χ1) is 38.8. The molecular formula is C59H63N11O11. The first-order valence-electron chi connectivity index (χ1n) is 25.9. The monoisotopic (exact) mass is 1100 g/mol. The number of anilines is 3. The van der Waals surface area contributed by atoms with Gasteiger partial charge in [0, 0.05) is 65.8 Å². The molecule has 81 heavy (non-hydrogen) atoms. The van der Waals surface area contributed by atoms with E-state index >= 15 is 0 Å². The summed E-state index contributed by atoms with van der Waals surface area (Å²) in [6, 6.07) is 39.8. The summed E-state index contributed by atoms with van der Waals surface area (Å²) in [5.41, 5.74) is 34.9. The van der Waals surface area contributed by atoms with E-state index in [-0.39, 0.29) is 50.1 Å². The molecule has 3 aliphatic heterocycles. The maximum atomic E-state index is 12.7. The van der Waals surface area contributed by atoms with Crippen LogP contribution in [0.25, 0.3) is 0 Å². The predicted octanol–water partition coefficient (Wildman–Crippen LogP) is 5.33. The molecule has 0 fully saturated rings. The van der Waals surface area contributed by atoms with Gasteiger partial charge in [0.05, 0.1) is 31.5 Å². The Morgan fingerprint density at radius 3 is 1.40 bits per heavy atom. The van der Waals surface area contributed by atoms with Gasteiger partial charge in [0.15, 0.2) is 0 Å². The Bertz CT molecular complexity index is 3090. The molecule has 6 aromatic carbocycles. The van der Waals surface area contributed by atoms with Crippen LogP contribution in [0.3, 0.4) is 0 Å². The molecule has 0 saturated heterocycles. The summed E-state index contributed by atoms with van der Waals surface area (Å²) >= 11 is 0. The Labute approximate surface area is 466 Å². The molecule has 6 aromatic rings. The number of hydrazine groups is 2. The number of nitrogen functional groups attached to an aromatic ring is 3. The number of carboxylic acid groups (broad SMARTS) is 2. The number of fused-ring (bicyclic) bond motifs is 3. The number of nitrogens with two attached hydrogens (primary N) is 3. The van der Waals surface area contributed by atoms with E-state index < -0.39 is 53.8 Å². The lowest BCUT2D eigenvalue weighted by molar-refractivity contribution is -0.141. The highest BCUT2D eigenvalue weighted by Gasteiger charge is 2.35. The molecule has 13 N–H and O–H groups in total. The van der Waals surface area contributed by atoms with Crippen LogP contribution in [0.15, 0.2) is 146 Å². The van der Waals surface area contributed by atoms with Crippen molar-refractivity contribution in [3.05, 3.63) is 196 Å². The van der Waals surface area contributed by atoms with Crippen molar-refractivity contribution in [3.63, 3.8) is 0 Å². The third-order valence-corrected chi connectivity index (χ3v) is 13.7. The fraction of sp³-hybridized carbons (Fsp3) is 0.237. The van der Waals surface area contributed by atoms with Gasteiger partial charge in [0.2, 0.25) is 5.91 Å². The summed E-state index contributed by atoms with van der Waals surface area (Å²) < 4.78 is 0. The van der Waals surface area contributed by atoms with Gasteiger partial charge in [-0.15, -0.1) is 0 Å². The fourth-order valence-electron chi connectivity index (χ4n) is 9.84. The number of carbonyl (C=O) groups excluding carboxylic acids is 7. The second kappa shape index (κ2) is 27.4. The minimum atomic E-state index is -0.985. The maximum absolute atomic E-state index is 12.7. The van der Waals surface area contributed by atoms with Crippen LogP contribution in [0, 0.1) is 0 Å². The third kappa shape index (κ3) is 15.9. The summed E-state index contributed by atoms with van der Waals surface area (Å²) in [6.07, 6.45) is 1.67. The van der Waals surface area contributed by atoms with Gasteiger partial charge in [-0.25, -0.2) is 20.4 Å². The molecule has 22 nitrogen and oxygen atoms in total. The van der Waals surface area contributed by atoms with Crippen molar-refractivity contribution < 1.29 is 53.4 Å². The highest BCUT2D eigenvalue weighted by Crippen LogP contribution is 2.34. The van der Waals surface area contributed by atoms with Crippen molar-refractivity contribution in [2.75, 3.05) is 36.8 Å². The number of Topliss-reactive ketones (excluding diaryl/α,β-unsaturated/α-hetero) is 1. The molecule has 3 heterocycles. The molecule has 420 valence electrons. The largest absolute Gasteiger partial charge is 0.481 e. The van der Waals surface area contributed by atoms with Gasteiger partial charge in [0.1, 0.15) is 5.78 Å². The van der Waals surface area contributed by atoms with Crippen molar-refractivity contribution >= 4 is 70.5 Å². The normalized spacial score (nSPS) is 15.6. The number of ketones is 1. The van der Waals surface area contributed by atoms with Gasteiger partial charge >= 0.3 is 24.0 Å². The van der Waals surface area contributed by atoms with E-state index in [4.69, 9.17) is 22.3 Å². The lowest BCUT2D eigenvalue weighted by Gasteiger charge is -2.36. The average Bonchev–Trinajstić information content (AvgIpc) is 3.66. The molecule has 0 aromatic heterocycles. The Kier molecular flexibility index (Phi) is 19.7. The highest BCUT2D eigenvalue weighted by molar-refractivity contribution is 5.98. The minimum absolute atomic E-state index is 0.00157. The van der Waals surface area contributed by atoms with Crippen molar-refractivity contribution in [3.8, 4) is 0 Å². The van der Waals surface area contributed by atoms with Gasteiger partial charge in [-0.3, -0.25) is 44.4 Å². The molecule has 0 radical (unpaired) electrons. The van der Waals surface area contributed by atoms with Crippen molar-refractivity contribution in [1.82, 2.24) is 41.7 Å². The summed E-state index contributed by atoms with van der Waals surface area (Å²) in [7, 11) is 0. The van der Waals surface area contributed by atoms with Crippen LogP contribution in [-0.2, 0) is 45.0 Å². The number of hydrogen-bond acceptors (Lipinski definition) is 12. The Morgan fingerprint density at radius 1 is 0.481 bits per heavy atom. The summed E-state index contributed by atoms with van der Waals surface area (Å²) in [5, 5.41) is 21.0. The third-order valence-electron chi connectivity index (χ3n) is 13.7. The van der Waals surface area contributed by atoms with Crippen LogP contribution >= 0.6 is 0 Å². The summed E-state index contributed by atoms with van der Waals surface area (Å²) in [6.45, 7) is 2.46. The summed E-state index contributed by atoms with van der Waals surface area (Å²) in [5.74, 6) is -3.65. The number of carboxylic acids is 2. The molecule has 0 bridgehead atoms. The molecule has 3 atom stereocenters. The van der Waals surface area contributed by atoms with Crippen LogP contribution in [0.1, 0.15) is 103 Å². The van der Waals surface area contributed by atoms with Crippen molar-refractivity contribution in [1.29, 1.82) is 0 Å². The predicted molar refractivity (Wildman–Crippen MR) is 300 cm³/mol. The second-order valence-electron chi connectivity index (χ2n) is 19.4. The lowest BCUT2D eigenvalue weighted by Crippen LogP contribution is -2.54. The molecule has 3 unspecified atom stereocenters. The smallest absolute Gasteiger partial charge is 0.336 e. The zero-order chi connectivity index (χ0) is 58.2. The number of nitrogens with one attached hydrogen (secondary N) is 5. The topological polar surface area (TPSA) is 342 Å². The molecule has 3 aliphatic rings. The molecule has 0 aliphatic carbocycles. The number of urea groups is 2. The lowest BCUT2D eigenvalue weighted by atomic mass is 9.90.